The van der Waals surface area contributed by atoms with Gasteiger partial charge in [0.25, 0.3) is 5.91 Å². The van der Waals surface area contributed by atoms with Crippen LogP contribution < -0.4 is 16.4 Å². The van der Waals surface area contributed by atoms with E-state index in [0.29, 0.717) is 34.8 Å². The quantitative estimate of drug-likeness (QED) is 0.279. The molecule has 1 aliphatic carbocycles. The number of hydrogen-bond acceptors (Lipinski definition) is 4. The Morgan fingerprint density at radius 1 is 0.973 bits per heavy atom. The van der Waals surface area contributed by atoms with Gasteiger partial charge in [0.2, 0.25) is 0 Å². The molecule has 1 atom stereocenters. The van der Waals surface area contributed by atoms with E-state index in [-0.39, 0.29) is 12.5 Å². The lowest BCUT2D eigenvalue weighted by Gasteiger charge is -2.19. The number of hydrogen-bond donors (Lipinski definition) is 3. The van der Waals surface area contributed by atoms with E-state index in [1.807, 2.05) is 0 Å². The van der Waals surface area contributed by atoms with Gasteiger partial charge in [-0.05, 0) is 66.3 Å². The Morgan fingerprint density at radius 3 is 2.27 bits per heavy atom. The molecule has 6 nitrogen and oxygen atoms in total. The molecule has 4 N–H and O–H groups in total. The molecule has 3 aromatic rings. The highest BCUT2D eigenvalue weighted by Gasteiger charge is 2.31. The molecule has 0 aliphatic heterocycles. The van der Waals surface area contributed by atoms with Gasteiger partial charge < -0.3 is 21.1 Å². The third-order valence-corrected chi connectivity index (χ3v) is 6.26. The number of amides is 2. The summed E-state index contributed by atoms with van der Waals surface area (Å²) in [4.78, 5) is 25.0. The Balaban J connectivity index is 1.32. The standard InChI is InChI=1S/C28H28F3N3O3/c29-28(30,31)22-14-12-20(13-15-22)25(16-9-18-5-6-18)37-27(36)33-17-19-7-10-21(11-8-19)26(35)34-24-4-2-1-3-23(24)32/h1-4,7-8,10-15,18,25H,5-6,9,16-17,32H2,(H,33,36)(H,34,35)/t25-/m0/s1. The van der Waals surface area contributed by atoms with Gasteiger partial charge in [-0.25, -0.2) is 4.79 Å². The zero-order chi connectivity index (χ0) is 26.4. The molecule has 1 aliphatic rings. The van der Waals surface area contributed by atoms with Gasteiger partial charge in [-0.15, -0.1) is 0 Å². The minimum Gasteiger partial charge on any atom is -0.441 e. The Labute approximate surface area is 213 Å². The number of alkyl halides is 3. The molecule has 0 saturated heterocycles. The first-order valence-electron chi connectivity index (χ1n) is 12.1. The van der Waals surface area contributed by atoms with Gasteiger partial charge >= 0.3 is 12.3 Å². The van der Waals surface area contributed by atoms with E-state index in [4.69, 9.17) is 10.5 Å². The zero-order valence-electron chi connectivity index (χ0n) is 20.1. The Morgan fingerprint density at radius 2 is 1.65 bits per heavy atom. The number of halogens is 3. The number of nitrogens with one attached hydrogen (secondary N) is 2. The van der Waals surface area contributed by atoms with Crippen molar-refractivity contribution in [3.63, 3.8) is 0 Å². The summed E-state index contributed by atoms with van der Waals surface area (Å²) >= 11 is 0. The first-order valence-corrected chi connectivity index (χ1v) is 12.1. The van der Waals surface area contributed by atoms with Crippen molar-refractivity contribution in [1.82, 2.24) is 5.32 Å². The predicted octanol–water partition coefficient (Wildman–Crippen LogP) is 6.70. The number of para-hydroxylation sites is 2. The fourth-order valence-electron chi connectivity index (χ4n) is 3.90. The lowest BCUT2D eigenvalue weighted by molar-refractivity contribution is -0.137. The number of anilines is 2. The first-order chi connectivity index (χ1) is 17.7. The van der Waals surface area contributed by atoms with Gasteiger partial charge in [-0.1, -0.05) is 49.2 Å². The second-order valence-corrected chi connectivity index (χ2v) is 9.13. The van der Waals surface area contributed by atoms with Gasteiger partial charge in [0.1, 0.15) is 6.10 Å². The summed E-state index contributed by atoms with van der Waals surface area (Å²) in [5.41, 5.74) is 7.79. The zero-order valence-corrected chi connectivity index (χ0v) is 20.1. The molecule has 0 unspecified atom stereocenters. The van der Waals surface area contributed by atoms with E-state index in [2.05, 4.69) is 10.6 Å². The summed E-state index contributed by atoms with van der Waals surface area (Å²) < 4.78 is 44.3. The summed E-state index contributed by atoms with van der Waals surface area (Å²) in [5.74, 6) is 0.268. The number of nitrogens with two attached hydrogens (primary N) is 1. The molecule has 194 valence electrons. The van der Waals surface area contributed by atoms with Crippen molar-refractivity contribution in [3.8, 4) is 0 Å². The van der Waals surface area contributed by atoms with E-state index in [1.54, 1.807) is 48.5 Å². The van der Waals surface area contributed by atoms with Crippen LogP contribution in [0, 0.1) is 5.92 Å². The second-order valence-electron chi connectivity index (χ2n) is 9.13. The molecule has 0 heterocycles. The van der Waals surface area contributed by atoms with Crippen LogP contribution in [0.3, 0.4) is 0 Å². The summed E-state index contributed by atoms with van der Waals surface area (Å²) in [5, 5.41) is 5.43. The number of benzene rings is 3. The fraction of sp³-hybridized carbons (Fsp3) is 0.286. The average Bonchev–Trinajstić information content (AvgIpc) is 3.71. The van der Waals surface area contributed by atoms with Crippen molar-refractivity contribution in [2.45, 2.75) is 44.5 Å². The maximum Gasteiger partial charge on any atom is 0.416 e. The number of carbonyl (C=O) groups is 2. The number of rotatable bonds is 9. The van der Waals surface area contributed by atoms with Crippen LogP contribution in [-0.2, 0) is 17.5 Å². The van der Waals surface area contributed by atoms with E-state index < -0.39 is 23.9 Å². The molecule has 0 aromatic heterocycles. The van der Waals surface area contributed by atoms with Crippen LogP contribution >= 0.6 is 0 Å². The van der Waals surface area contributed by atoms with Crippen molar-refractivity contribution in [2.24, 2.45) is 5.92 Å². The number of alkyl carbamates (subject to hydrolysis) is 1. The minimum absolute atomic E-state index is 0.161. The van der Waals surface area contributed by atoms with Gasteiger partial charge in [0.15, 0.2) is 0 Å². The van der Waals surface area contributed by atoms with E-state index in [0.717, 1.165) is 37.0 Å². The maximum absolute atomic E-state index is 12.9. The summed E-state index contributed by atoms with van der Waals surface area (Å²) in [6.07, 6.45) is -2.10. The number of carbonyl (C=O) groups excluding carboxylic acids is 2. The average molecular weight is 512 g/mol. The lowest BCUT2D eigenvalue weighted by atomic mass is 10.0. The van der Waals surface area contributed by atoms with Gasteiger partial charge in [-0.3, -0.25) is 4.79 Å². The molecular formula is C28H28F3N3O3. The largest absolute Gasteiger partial charge is 0.441 e. The Kier molecular flexibility index (Phi) is 8.01. The van der Waals surface area contributed by atoms with E-state index in [9.17, 15) is 22.8 Å². The van der Waals surface area contributed by atoms with Crippen LogP contribution in [0.15, 0.2) is 72.8 Å². The fourth-order valence-corrected chi connectivity index (χ4v) is 3.90. The molecule has 4 rings (SSSR count). The second kappa shape index (κ2) is 11.4. The normalized spacial score (nSPS) is 14.0. The predicted molar refractivity (Wildman–Crippen MR) is 135 cm³/mol. The van der Waals surface area contributed by atoms with Crippen LogP contribution in [0.25, 0.3) is 0 Å². The van der Waals surface area contributed by atoms with Crippen molar-refractivity contribution in [2.75, 3.05) is 11.1 Å². The van der Waals surface area contributed by atoms with Crippen LogP contribution in [0.2, 0.25) is 0 Å². The van der Waals surface area contributed by atoms with Crippen molar-refractivity contribution >= 4 is 23.4 Å². The van der Waals surface area contributed by atoms with Gasteiger partial charge in [-0.2, -0.15) is 13.2 Å². The highest BCUT2D eigenvalue weighted by atomic mass is 19.4. The molecule has 1 fully saturated rings. The molecule has 1 saturated carbocycles. The van der Waals surface area contributed by atoms with Crippen LogP contribution in [0.1, 0.15) is 58.8 Å². The highest BCUT2D eigenvalue weighted by Crippen LogP contribution is 2.37. The molecule has 0 radical (unpaired) electrons. The summed E-state index contributed by atoms with van der Waals surface area (Å²) in [6.45, 7) is 0.161. The number of ether oxygens (including phenoxy) is 1. The van der Waals surface area contributed by atoms with Gasteiger partial charge in [0.05, 0.1) is 16.9 Å². The van der Waals surface area contributed by atoms with E-state index in [1.165, 1.54) is 12.1 Å². The van der Waals surface area contributed by atoms with E-state index >= 15 is 0 Å². The SMILES string of the molecule is Nc1ccccc1NC(=O)c1ccc(CNC(=O)O[C@@H](CCC2CC2)c2ccc(C(F)(F)F)cc2)cc1. The van der Waals surface area contributed by atoms with Crippen molar-refractivity contribution < 1.29 is 27.5 Å². The third kappa shape index (κ3) is 7.49. The first kappa shape index (κ1) is 26.1. The molecule has 2 amide bonds. The van der Waals surface area contributed by atoms with Gasteiger partial charge in [0, 0.05) is 12.1 Å². The summed E-state index contributed by atoms with van der Waals surface area (Å²) in [6, 6.07) is 18.4. The Bertz CT molecular complexity index is 1220. The Hall–Kier alpha value is -4.01. The molecule has 0 spiro atoms. The van der Waals surface area contributed by atoms with Crippen LogP contribution in [-0.4, -0.2) is 12.0 Å². The summed E-state index contributed by atoms with van der Waals surface area (Å²) in [7, 11) is 0. The topological polar surface area (TPSA) is 93.5 Å². The maximum atomic E-state index is 12.9. The monoisotopic (exact) mass is 511 g/mol. The molecule has 3 aromatic carbocycles. The third-order valence-electron chi connectivity index (χ3n) is 6.26. The molecule has 0 bridgehead atoms. The highest BCUT2D eigenvalue weighted by molar-refractivity contribution is 6.05. The number of nitrogen functional groups attached to an aromatic ring is 1. The molecule has 9 heteroatoms. The molecular weight excluding hydrogens is 483 g/mol. The van der Waals surface area contributed by atoms with Crippen LogP contribution in [0.5, 0.6) is 0 Å². The molecule has 37 heavy (non-hydrogen) atoms. The smallest absolute Gasteiger partial charge is 0.416 e. The van der Waals surface area contributed by atoms with Crippen LogP contribution in [0.4, 0.5) is 29.3 Å². The van der Waals surface area contributed by atoms with Crippen molar-refractivity contribution in [3.05, 3.63) is 95.1 Å². The van der Waals surface area contributed by atoms with Crippen molar-refractivity contribution in [1.29, 1.82) is 0 Å². The lowest BCUT2D eigenvalue weighted by Crippen LogP contribution is -2.26. The minimum atomic E-state index is -4.43.